The van der Waals surface area contributed by atoms with Crippen molar-refractivity contribution in [1.29, 1.82) is 5.41 Å². The Kier molecular flexibility index (Phi) is 10.1. The molecule has 0 aliphatic carbocycles. The number of hydrogen-bond acceptors (Lipinski definition) is 7. The molecule has 42 heavy (non-hydrogen) atoms. The van der Waals surface area contributed by atoms with Crippen LogP contribution in [-0.2, 0) is 24.3 Å². The van der Waals surface area contributed by atoms with Crippen molar-refractivity contribution in [2.24, 2.45) is 11.7 Å². The Morgan fingerprint density at radius 3 is 2.48 bits per heavy atom. The number of halogens is 3. The normalized spacial score (nSPS) is 19.4. The average Bonchev–Trinajstić information content (AvgIpc) is 2.95. The van der Waals surface area contributed by atoms with E-state index < -0.39 is 46.4 Å². The van der Waals surface area contributed by atoms with Gasteiger partial charge in [0.1, 0.15) is 0 Å². The van der Waals surface area contributed by atoms with Crippen LogP contribution in [0.3, 0.4) is 0 Å². The van der Waals surface area contributed by atoms with E-state index in [1.54, 1.807) is 35.2 Å². The average molecular weight is 613 g/mol. The number of fused-ring (bicyclic) bond motifs is 1. The lowest BCUT2D eigenvalue weighted by atomic mass is 9.97. The second-order valence-electron chi connectivity index (χ2n) is 10.6. The van der Waals surface area contributed by atoms with Crippen LogP contribution in [0.5, 0.6) is 0 Å². The third kappa shape index (κ3) is 8.18. The fraction of sp³-hybridized carbons (Fsp3) is 0.519. The van der Waals surface area contributed by atoms with E-state index in [4.69, 9.17) is 15.9 Å². The molecule has 4 N–H and O–H groups in total. The zero-order valence-corrected chi connectivity index (χ0v) is 23.8. The molecule has 15 heteroatoms. The molecule has 11 nitrogen and oxygen atoms in total. The smallest absolute Gasteiger partial charge is 0.379 e. The fourth-order valence-corrected chi connectivity index (χ4v) is 6.52. The van der Waals surface area contributed by atoms with Crippen molar-refractivity contribution in [3.05, 3.63) is 42.5 Å². The van der Waals surface area contributed by atoms with Crippen molar-refractivity contribution in [3.63, 3.8) is 0 Å². The molecule has 0 spiro atoms. The number of ketones is 1. The van der Waals surface area contributed by atoms with E-state index in [1.807, 2.05) is 0 Å². The number of amides is 1. The van der Waals surface area contributed by atoms with Crippen LogP contribution in [0.2, 0.25) is 0 Å². The van der Waals surface area contributed by atoms with Crippen molar-refractivity contribution in [1.82, 2.24) is 19.4 Å². The van der Waals surface area contributed by atoms with Crippen molar-refractivity contribution < 1.29 is 35.9 Å². The van der Waals surface area contributed by atoms with Crippen molar-refractivity contribution in [2.45, 2.75) is 30.0 Å². The van der Waals surface area contributed by atoms with Gasteiger partial charge >= 0.3 is 12.1 Å². The maximum absolute atomic E-state index is 13.7. The quantitative estimate of drug-likeness (QED) is 0.269. The molecule has 2 aliphatic rings. The first-order chi connectivity index (χ1) is 19.8. The number of sulfonamides is 1. The minimum absolute atomic E-state index is 0.159. The number of ether oxygens (including phenoxy) is 1. The standard InChI is InChI=1S/C27H35F3N6O5S/c28-27(29,30)25(38)36(16-19-4-3-9-35(15-19)26(31)32)17-23(24(37)18-34-10-12-41-13-11-34)33-42(39,40)22-8-7-20-5-1-2-6-21(20)14-22/h1-2,5-8,14,19,23,33H,3-4,9-13,15-18H2,(H3,31,32)/t19-,23+/m1/s1. The molecule has 2 heterocycles. The predicted molar refractivity (Wildman–Crippen MR) is 149 cm³/mol. The summed E-state index contributed by atoms with van der Waals surface area (Å²) in [4.78, 5) is 29.7. The summed E-state index contributed by atoms with van der Waals surface area (Å²) >= 11 is 0. The number of carbonyl (C=O) groups is 2. The van der Waals surface area contributed by atoms with Crippen LogP contribution in [0.1, 0.15) is 12.8 Å². The van der Waals surface area contributed by atoms with Gasteiger partial charge in [-0.3, -0.25) is 19.9 Å². The Hall–Kier alpha value is -3.27. The highest BCUT2D eigenvalue weighted by Gasteiger charge is 2.44. The lowest BCUT2D eigenvalue weighted by molar-refractivity contribution is -0.186. The lowest BCUT2D eigenvalue weighted by Gasteiger charge is -2.37. The van der Waals surface area contributed by atoms with Gasteiger partial charge in [0.2, 0.25) is 10.0 Å². The third-order valence-corrected chi connectivity index (χ3v) is 8.94. The Labute approximate surface area is 242 Å². The molecule has 2 aromatic carbocycles. The number of rotatable bonds is 10. The SMILES string of the molecule is N=C(N)N1CCC[C@@H](CN(C[C@H](NS(=O)(=O)c2ccc3ccccc3c2)C(=O)CN2CCOCC2)C(=O)C(F)(F)F)C1. The van der Waals surface area contributed by atoms with Gasteiger partial charge in [-0.2, -0.15) is 17.9 Å². The number of likely N-dealkylation sites (tertiary alicyclic amines) is 1. The first-order valence-corrected chi connectivity index (χ1v) is 15.1. The van der Waals surface area contributed by atoms with Gasteiger partial charge in [-0.15, -0.1) is 0 Å². The molecule has 0 aromatic heterocycles. The van der Waals surface area contributed by atoms with Gasteiger partial charge in [-0.05, 0) is 41.7 Å². The Morgan fingerprint density at radius 2 is 1.81 bits per heavy atom. The minimum atomic E-state index is -5.25. The monoisotopic (exact) mass is 612 g/mol. The summed E-state index contributed by atoms with van der Waals surface area (Å²) in [5.41, 5.74) is 5.57. The highest BCUT2D eigenvalue weighted by molar-refractivity contribution is 7.89. The number of nitrogens with zero attached hydrogens (tertiary/aromatic N) is 3. The number of carbonyl (C=O) groups excluding carboxylic acids is 2. The van der Waals surface area contributed by atoms with Crippen LogP contribution in [0.15, 0.2) is 47.4 Å². The molecule has 4 rings (SSSR count). The zero-order valence-electron chi connectivity index (χ0n) is 23.0. The summed E-state index contributed by atoms with van der Waals surface area (Å²) in [5, 5.41) is 9.08. The molecule has 2 aliphatic heterocycles. The summed E-state index contributed by atoms with van der Waals surface area (Å²) in [5.74, 6) is -3.54. The molecule has 2 atom stereocenters. The zero-order chi connectivity index (χ0) is 30.5. The van der Waals surface area contributed by atoms with Crippen LogP contribution in [0.4, 0.5) is 13.2 Å². The molecule has 2 fully saturated rings. The van der Waals surface area contributed by atoms with E-state index >= 15 is 0 Å². The summed E-state index contributed by atoms with van der Waals surface area (Å²) in [6, 6.07) is 9.76. The fourth-order valence-electron chi connectivity index (χ4n) is 5.27. The van der Waals surface area contributed by atoms with Crippen LogP contribution in [-0.4, -0.2) is 112 Å². The topological polar surface area (TPSA) is 149 Å². The molecular formula is C27H35F3N6O5S. The van der Waals surface area contributed by atoms with Crippen molar-refractivity contribution in [3.8, 4) is 0 Å². The van der Waals surface area contributed by atoms with Gasteiger partial charge in [-0.25, -0.2) is 8.42 Å². The number of guanidine groups is 1. The largest absolute Gasteiger partial charge is 0.471 e. The van der Waals surface area contributed by atoms with Crippen LogP contribution >= 0.6 is 0 Å². The summed E-state index contributed by atoms with van der Waals surface area (Å²) in [6.45, 7) is 0.684. The maximum Gasteiger partial charge on any atom is 0.471 e. The van der Waals surface area contributed by atoms with Crippen LogP contribution in [0, 0.1) is 11.3 Å². The number of piperidine rings is 1. The van der Waals surface area contributed by atoms with Crippen LogP contribution in [0.25, 0.3) is 10.8 Å². The number of benzene rings is 2. The van der Waals surface area contributed by atoms with Gasteiger partial charge < -0.3 is 20.3 Å². The van der Waals surface area contributed by atoms with E-state index in [-0.39, 0.29) is 30.5 Å². The van der Waals surface area contributed by atoms with E-state index in [9.17, 15) is 31.2 Å². The lowest BCUT2D eigenvalue weighted by Crippen LogP contribution is -2.56. The summed E-state index contributed by atoms with van der Waals surface area (Å²) < 4.78 is 75.7. The number of alkyl halides is 3. The van der Waals surface area contributed by atoms with Gasteiger partial charge in [0.15, 0.2) is 11.7 Å². The molecule has 0 unspecified atom stereocenters. The molecule has 2 saturated heterocycles. The molecular weight excluding hydrogens is 577 g/mol. The first kappa shape index (κ1) is 31.7. The third-order valence-electron chi connectivity index (χ3n) is 7.47. The van der Waals surface area contributed by atoms with Crippen LogP contribution < -0.4 is 10.5 Å². The highest BCUT2D eigenvalue weighted by Crippen LogP contribution is 2.24. The predicted octanol–water partition coefficient (Wildman–Crippen LogP) is 1.38. The highest BCUT2D eigenvalue weighted by atomic mass is 32.2. The number of Topliss-reactive ketones (excluding diaryl/α,β-unsaturated/α-hetero) is 1. The second-order valence-corrected chi connectivity index (χ2v) is 12.3. The Bertz CT molecular complexity index is 1400. The van der Waals surface area contributed by atoms with Gasteiger partial charge in [0.05, 0.1) is 30.7 Å². The van der Waals surface area contributed by atoms with Gasteiger partial charge in [0, 0.05) is 39.3 Å². The maximum atomic E-state index is 13.7. The number of nitrogens with two attached hydrogens (primary N) is 1. The van der Waals surface area contributed by atoms with E-state index in [0.29, 0.717) is 56.0 Å². The first-order valence-electron chi connectivity index (χ1n) is 13.6. The summed E-state index contributed by atoms with van der Waals surface area (Å²) in [6.07, 6.45) is -4.23. The van der Waals surface area contributed by atoms with Crippen molar-refractivity contribution in [2.75, 3.05) is 59.0 Å². The second kappa shape index (κ2) is 13.4. The number of hydrogen-bond donors (Lipinski definition) is 3. The molecule has 1 amide bonds. The number of nitrogens with one attached hydrogen (secondary N) is 2. The van der Waals surface area contributed by atoms with Gasteiger partial charge in [-0.1, -0.05) is 30.3 Å². The Morgan fingerprint density at radius 1 is 1.12 bits per heavy atom. The molecule has 0 bridgehead atoms. The minimum Gasteiger partial charge on any atom is -0.379 e. The van der Waals surface area contributed by atoms with Gasteiger partial charge in [0.25, 0.3) is 0 Å². The molecule has 0 saturated carbocycles. The summed E-state index contributed by atoms with van der Waals surface area (Å²) in [7, 11) is -4.38. The Balaban J connectivity index is 1.62. The molecule has 0 radical (unpaired) electrons. The number of morpholine rings is 1. The van der Waals surface area contributed by atoms with E-state index in [2.05, 4.69) is 4.72 Å². The van der Waals surface area contributed by atoms with E-state index in [1.165, 1.54) is 17.0 Å². The van der Waals surface area contributed by atoms with Crippen molar-refractivity contribution >= 4 is 38.4 Å². The molecule has 230 valence electrons. The molecule has 2 aromatic rings. The van der Waals surface area contributed by atoms with E-state index in [0.717, 1.165) is 5.39 Å².